The SMILES string of the molecule is O=C(O[C@H]1CC[C@@](O)(C(O)C[C@H]2c3c(F)cccc3-c3cncn32)CC1)c1ccccc1. The lowest BCUT2D eigenvalue weighted by Gasteiger charge is -2.40. The van der Waals surface area contributed by atoms with Gasteiger partial charge >= 0.3 is 5.97 Å². The molecule has 2 atom stereocenters. The van der Waals surface area contributed by atoms with Gasteiger partial charge < -0.3 is 19.5 Å². The molecule has 3 aromatic rings. The molecule has 2 aliphatic rings. The van der Waals surface area contributed by atoms with E-state index in [2.05, 4.69) is 4.98 Å². The zero-order chi connectivity index (χ0) is 22.3. The predicted molar refractivity (Wildman–Crippen MR) is 115 cm³/mol. The summed E-state index contributed by atoms with van der Waals surface area (Å²) in [6.45, 7) is 0. The molecular weight excluding hydrogens is 411 g/mol. The second-order valence-corrected chi connectivity index (χ2v) is 8.73. The van der Waals surface area contributed by atoms with Gasteiger partial charge in [0, 0.05) is 17.5 Å². The van der Waals surface area contributed by atoms with Gasteiger partial charge in [-0.05, 0) is 43.9 Å². The van der Waals surface area contributed by atoms with E-state index in [1.807, 2.05) is 16.7 Å². The number of carbonyl (C=O) groups excluding carboxylic acids is 1. The first-order valence-corrected chi connectivity index (χ1v) is 10.9. The van der Waals surface area contributed by atoms with E-state index in [1.165, 1.54) is 6.07 Å². The average molecular weight is 436 g/mol. The molecule has 6 nitrogen and oxygen atoms in total. The van der Waals surface area contributed by atoms with Crippen LogP contribution in [0, 0.1) is 5.82 Å². The third-order valence-electron chi connectivity index (χ3n) is 6.81. The Morgan fingerprint density at radius 3 is 2.69 bits per heavy atom. The maximum Gasteiger partial charge on any atom is 0.338 e. The van der Waals surface area contributed by atoms with Crippen LogP contribution in [0.25, 0.3) is 11.3 Å². The second-order valence-electron chi connectivity index (χ2n) is 8.73. The van der Waals surface area contributed by atoms with Crippen molar-refractivity contribution >= 4 is 5.97 Å². The van der Waals surface area contributed by atoms with Crippen LogP contribution in [-0.2, 0) is 4.74 Å². The quantitative estimate of drug-likeness (QED) is 0.593. The van der Waals surface area contributed by atoms with E-state index in [0.29, 0.717) is 36.8 Å². The van der Waals surface area contributed by atoms with Crippen molar-refractivity contribution in [1.29, 1.82) is 0 Å². The number of hydrogen-bond acceptors (Lipinski definition) is 5. The zero-order valence-electron chi connectivity index (χ0n) is 17.5. The highest BCUT2D eigenvalue weighted by Crippen LogP contribution is 2.45. The van der Waals surface area contributed by atoms with Crippen LogP contribution in [-0.4, -0.2) is 43.5 Å². The summed E-state index contributed by atoms with van der Waals surface area (Å²) in [5, 5.41) is 22.2. The number of imidazole rings is 1. The van der Waals surface area contributed by atoms with Gasteiger partial charge in [-0.2, -0.15) is 0 Å². The Morgan fingerprint density at radius 2 is 1.94 bits per heavy atom. The molecule has 0 spiro atoms. The molecular formula is C25H25FN2O4. The summed E-state index contributed by atoms with van der Waals surface area (Å²) in [5.74, 6) is -0.709. The lowest BCUT2D eigenvalue weighted by atomic mass is 9.77. The number of carbonyl (C=O) groups is 1. The molecule has 5 rings (SSSR count). The van der Waals surface area contributed by atoms with Crippen LogP contribution in [0.4, 0.5) is 4.39 Å². The minimum Gasteiger partial charge on any atom is -0.459 e. The number of halogens is 1. The zero-order valence-corrected chi connectivity index (χ0v) is 17.5. The monoisotopic (exact) mass is 436 g/mol. The largest absolute Gasteiger partial charge is 0.459 e. The molecule has 2 heterocycles. The fourth-order valence-corrected chi connectivity index (χ4v) is 5.00. The lowest BCUT2D eigenvalue weighted by Crippen LogP contribution is -2.47. The van der Waals surface area contributed by atoms with Crippen LogP contribution >= 0.6 is 0 Å². The molecule has 2 N–H and O–H groups in total. The molecule has 1 aliphatic carbocycles. The molecule has 0 radical (unpaired) electrons. The van der Waals surface area contributed by atoms with Crippen LogP contribution in [0.3, 0.4) is 0 Å². The lowest BCUT2D eigenvalue weighted by molar-refractivity contribution is -0.118. The van der Waals surface area contributed by atoms with Gasteiger partial charge in [-0.25, -0.2) is 14.2 Å². The summed E-state index contributed by atoms with van der Waals surface area (Å²) in [5.41, 5.74) is 1.28. The number of hydrogen-bond donors (Lipinski definition) is 2. The Morgan fingerprint density at radius 1 is 1.19 bits per heavy atom. The van der Waals surface area contributed by atoms with Gasteiger partial charge in [-0.1, -0.05) is 30.3 Å². The van der Waals surface area contributed by atoms with Crippen LogP contribution in [0.15, 0.2) is 61.1 Å². The molecule has 0 saturated heterocycles. The molecule has 0 amide bonds. The van der Waals surface area contributed by atoms with Crippen molar-refractivity contribution in [2.75, 3.05) is 0 Å². The number of aromatic nitrogens is 2. The Labute approximate surface area is 185 Å². The number of esters is 1. The van der Waals surface area contributed by atoms with E-state index in [1.54, 1.807) is 42.9 Å². The fraction of sp³-hybridized carbons (Fsp3) is 0.360. The highest BCUT2D eigenvalue weighted by Gasteiger charge is 2.43. The second kappa shape index (κ2) is 8.15. The molecule has 1 saturated carbocycles. The normalized spacial score (nSPS) is 25.1. The van der Waals surface area contributed by atoms with E-state index in [-0.39, 0.29) is 24.3 Å². The number of ether oxygens (including phenoxy) is 1. The van der Waals surface area contributed by atoms with Crippen LogP contribution in [0.2, 0.25) is 0 Å². The number of fused-ring (bicyclic) bond motifs is 3. The van der Waals surface area contributed by atoms with Gasteiger partial charge in [0.15, 0.2) is 0 Å². The topological polar surface area (TPSA) is 84.6 Å². The Balaban J connectivity index is 1.25. The Bertz CT molecular complexity index is 1120. The number of aliphatic hydroxyl groups excluding tert-OH is 1. The first kappa shape index (κ1) is 20.8. The minimum absolute atomic E-state index is 0.169. The van der Waals surface area contributed by atoms with Crippen molar-refractivity contribution in [3.8, 4) is 11.3 Å². The highest BCUT2D eigenvalue weighted by molar-refractivity contribution is 5.89. The maximum absolute atomic E-state index is 14.7. The summed E-state index contributed by atoms with van der Waals surface area (Å²) >= 11 is 0. The van der Waals surface area contributed by atoms with Crippen molar-refractivity contribution in [2.24, 2.45) is 0 Å². The van der Waals surface area contributed by atoms with Gasteiger partial charge in [0.25, 0.3) is 0 Å². The molecule has 1 fully saturated rings. The van der Waals surface area contributed by atoms with E-state index in [0.717, 1.165) is 11.3 Å². The number of nitrogens with zero attached hydrogens (tertiary/aromatic N) is 2. The molecule has 1 aliphatic heterocycles. The summed E-state index contributed by atoms with van der Waals surface area (Å²) < 4.78 is 22.1. The molecule has 0 bridgehead atoms. The minimum atomic E-state index is -1.32. The number of rotatable bonds is 5. The molecule has 1 aromatic heterocycles. The number of benzene rings is 2. The number of aliphatic hydroxyl groups is 2. The first-order chi connectivity index (χ1) is 15.5. The third kappa shape index (κ3) is 3.61. The summed E-state index contributed by atoms with van der Waals surface area (Å²) in [6, 6.07) is 13.3. The standard InChI is InChI=1S/C25H25FN2O4/c26-19-8-4-7-18-21-14-27-15-28(21)20(23(18)19)13-22(29)25(31)11-9-17(10-12-25)32-24(30)16-5-2-1-3-6-16/h1-8,14-15,17,20,22,29,31H,9-13H2/t17-,20-,22?,25-/m0/s1. The van der Waals surface area contributed by atoms with Gasteiger partial charge in [0.1, 0.15) is 11.9 Å². The first-order valence-electron chi connectivity index (χ1n) is 10.9. The van der Waals surface area contributed by atoms with E-state index < -0.39 is 17.7 Å². The average Bonchev–Trinajstić information content (AvgIpc) is 3.39. The van der Waals surface area contributed by atoms with Crippen molar-refractivity contribution in [3.05, 3.63) is 78.0 Å². The Hall–Kier alpha value is -3.03. The summed E-state index contributed by atoms with van der Waals surface area (Å²) in [6.07, 6.45) is 3.64. The maximum atomic E-state index is 14.7. The third-order valence-corrected chi connectivity index (χ3v) is 6.81. The fourth-order valence-electron chi connectivity index (χ4n) is 5.00. The predicted octanol–water partition coefficient (Wildman–Crippen LogP) is 3.87. The van der Waals surface area contributed by atoms with E-state index >= 15 is 0 Å². The van der Waals surface area contributed by atoms with Gasteiger partial charge in [-0.15, -0.1) is 0 Å². The van der Waals surface area contributed by atoms with Gasteiger partial charge in [0.2, 0.25) is 0 Å². The van der Waals surface area contributed by atoms with Gasteiger partial charge in [0.05, 0.1) is 41.5 Å². The molecule has 1 unspecified atom stereocenters. The van der Waals surface area contributed by atoms with Crippen LogP contribution < -0.4 is 0 Å². The van der Waals surface area contributed by atoms with E-state index in [4.69, 9.17) is 4.74 Å². The molecule has 32 heavy (non-hydrogen) atoms. The molecule has 2 aromatic carbocycles. The summed E-state index contributed by atoms with van der Waals surface area (Å²) in [4.78, 5) is 16.5. The van der Waals surface area contributed by atoms with Crippen molar-refractivity contribution in [3.63, 3.8) is 0 Å². The van der Waals surface area contributed by atoms with Crippen molar-refractivity contribution < 1.29 is 24.1 Å². The molecule has 7 heteroatoms. The van der Waals surface area contributed by atoms with Crippen LogP contribution in [0.1, 0.15) is 54.1 Å². The van der Waals surface area contributed by atoms with Crippen molar-refractivity contribution in [2.45, 2.75) is 56.0 Å². The van der Waals surface area contributed by atoms with Crippen molar-refractivity contribution in [1.82, 2.24) is 9.55 Å². The summed E-state index contributed by atoms with van der Waals surface area (Å²) in [7, 11) is 0. The molecule has 166 valence electrons. The van der Waals surface area contributed by atoms with Gasteiger partial charge in [-0.3, -0.25) is 0 Å². The van der Waals surface area contributed by atoms with Crippen LogP contribution in [0.5, 0.6) is 0 Å². The Kier molecular flexibility index (Phi) is 5.31. The van der Waals surface area contributed by atoms with E-state index in [9.17, 15) is 19.4 Å². The highest BCUT2D eigenvalue weighted by atomic mass is 19.1. The smallest absolute Gasteiger partial charge is 0.338 e.